The maximum atomic E-state index is 8.19. The standard InChI is InChI=1S/C25H31N9/c1-17-18(2)25(30-34(16-26)24(17)27)33-7-6-22-21(15-33)12-20(14-28-22)19-4-5-23(29-13-19)32-10-8-31(3)9-11-32/h4-5,12-14,16,26-27H,6-11,15H2,1-3H3. The third-order valence-electron chi connectivity index (χ3n) is 7.05. The first-order valence-electron chi connectivity index (χ1n) is 11.7. The molecule has 34 heavy (non-hydrogen) atoms. The molecule has 1 fully saturated rings. The Morgan fingerprint density at radius 1 is 0.912 bits per heavy atom. The van der Waals surface area contributed by atoms with Gasteiger partial charge in [0, 0.05) is 80.5 Å². The summed E-state index contributed by atoms with van der Waals surface area (Å²) >= 11 is 0. The zero-order valence-electron chi connectivity index (χ0n) is 20.0. The number of hydrogen-bond acceptors (Lipinski definition) is 8. The van der Waals surface area contributed by atoms with Crippen LogP contribution in [0.5, 0.6) is 0 Å². The minimum Gasteiger partial charge on any atom is -0.354 e. The highest BCUT2D eigenvalue weighted by atomic mass is 15.3. The van der Waals surface area contributed by atoms with Crippen LogP contribution in [-0.2, 0) is 13.0 Å². The average Bonchev–Trinajstić information content (AvgIpc) is 2.87. The summed E-state index contributed by atoms with van der Waals surface area (Å²) in [4.78, 5) is 16.4. The van der Waals surface area contributed by atoms with Crippen LogP contribution in [0.15, 0.2) is 30.6 Å². The van der Waals surface area contributed by atoms with Crippen molar-refractivity contribution >= 4 is 18.0 Å². The molecule has 0 radical (unpaired) electrons. The normalized spacial score (nSPS) is 16.4. The molecule has 9 heteroatoms. The first-order chi connectivity index (χ1) is 16.4. The fourth-order valence-corrected chi connectivity index (χ4v) is 4.68. The zero-order valence-corrected chi connectivity index (χ0v) is 20.0. The van der Waals surface area contributed by atoms with Crippen molar-refractivity contribution < 1.29 is 0 Å². The molecular weight excluding hydrogens is 426 g/mol. The van der Waals surface area contributed by atoms with E-state index in [-0.39, 0.29) is 5.49 Å². The van der Waals surface area contributed by atoms with Gasteiger partial charge in [-0.25, -0.2) is 9.67 Å². The van der Waals surface area contributed by atoms with Crippen LogP contribution in [0, 0.1) is 24.7 Å². The number of piperazine rings is 1. The Bertz CT molecular complexity index is 1270. The van der Waals surface area contributed by atoms with Gasteiger partial charge in [0.2, 0.25) is 0 Å². The summed E-state index contributed by atoms with van der Waals surface area (Å²) in [5, 5.41) is 20.4. The molecule has 0 atom stereocenters. The van der Waals surface area contributed by atoms with Crippen LogP contribution >= 0.6 is 0 Å². The largest absolute Gasteiger partial charge is 0.354 e. The van der Waals surface area contributed by atoms with Crippen LogP contribution in [0.2, 0.25) is 0 Å². The second kappa shape index (κ2) is 8.98. The molecule has 5 rings (SSSR count). The Balaban J connectivity index is 1.39. The lowest BCUT2D eigenvalue weighted by molar-refractivity contribution is 0.312. The van der Waals surface area contributed by atoms with E-state index in [1.54, 1.807) is 0 Å². The Morgan fingerprint density at radius 3 is 2.38 bits per heavy atom. The van der Waals surface area contributed by atoms with Crippen LogP contribution in [-0.4, -0.2) is 70.8 Å². The predicted octanol–water partition coefficient (Wildman–Crippen LogP) is 2.21. The van der Waals surface area contributed by atoms with Crippen molar-refractivity contribution in [1.29, 1.82) is 10.8 Å². The van der Waals surface area contributed by atoms with E-state index in [2.05, 4.69) is 45.0 Å². The summed E-state index contributed by atoms with van der Waals surface area (Å²) in [6, 6.07) is 6.47. The molecule has 2 aliphatic rings. The van der Waals surface area contributed by atoms with E-state index in [1.165, 1.54) is 10.2 Å². The van der Waals surface area contributed by atoms with E-state index in [0.29, 0.717) is 6.54 Å². The van der Waals surface area contributed by atoms with Crippen molar-refractivity contribution in [2.75, 3.05) is 49.6 Å². The molecule has 9 nitrogen and oxygen atoms in total. The van der Waals surface area contributed by atoms with E-state index >= 15 is 0 Å². The second-order valence-electron chi connectivity index (χ2n) is 9.19. The molecule has 3 aromatic heterocycles. The highest BCUT2D eigenvalue weighted by molar-refractivity contribution is 5.65. The van der Waals surface area contributed by atoms with Crippen molar-refractivity contribution in [3.63, 3.8) is 0 Å². The molecule has 0 spiro atoms. The minimum atomic E-state index is 0.255. The summed E-state index contributed by atoms with van der Waals surface area (Å²) in [6.45, 7) is 9.56. The molecule has 2 N–H and O–H groups in total. The summed E-state index contributed by atoms with van der Waals surface area (Å²) in [6.07, 6.45) is 5.83. The minimum absolute atomic E-state index is 0.255. The molecule has 1 saturated heterocycles. The third kappa shape index (κ3) is 4.07. The van der Waals surface area contributed by atoms with E-state index < -0.39 is 0 Å². The zero-order chi connectivity index (χ0) is 23.8. The van der Waals surface area contributed by atoms with Gasteiger partial charge in [0.05, 0.1) is 0 Å². The van der Waals surface area contributed by atoms with Crippen LogP contribution in [0.25, 0.3) is 11.1 Å². The van der Waals surface area contributed by atoms with E-state index in [1.807, 2.05) is 26.2 Å². The molecule has 5 heterocycles. The SMILES string of the molecule is Cc1c(N2CCc3ncc(-c4ccc(N5CCN(C)CC5)nc4)cc3C2)nn(C=N)c(=N)c1C. The van der Waals surface area contributed by atoms with Crippen molar-refractivity contribution in [2.45, 2.75) is 26.8 Å². The van der Waals surface area contributed by atoms with Crippen molar-refractivity contribution in [3.05, 3.63) is 58.5 Å². The van der Waals surface area contributed by atoms with Crippen molar-refractivity contribution in [2.24, 2.45) is 0 Å². The molecule has 2 aliphatic heterocycles. The number of fused-ring (bicyclic) bond motifs is 1. The summed E-state index contributed by atoms with van der Waals surface area (Å²) in [7, 11) is 2.16. The van der Waals surface area contributed by atoms with Gasteiger partial charge < -0.3 is 14.7 Å². The number of nitrogens with zero attached hydrogens (tertiary/aromatic N) is 7. The highest BCUT2D eigenvalue weighted by Crippen LogP contribution is 2.28. The predicted molar refractivity (Wildman–Crippen MR) is 134 cm³/mol. The fourth-order valence-electron chi connectivity index (χ4n) is 4.68. The van der Waals surface area contributed by atoms with Crippen LogP contribution in [0.4, 0.5) is 11.6 Å². The molecule has 0 bridgehead atoms. The smallest absolute Gasteiger partial charge is 0.153 e. The van der Waals surface area contributed by atoms with Gasteiger partial charge in [0.25, 0.3) is 0 Å². The lowest BCUT2D eigenvalue weighted by Gasteiger charge is -2.33. The number of hydrogen-bond donors (Lipinski definition) is 2. The van der Waals surface area contributed by atoms with Gasteiger partial charge in [-0.3, -0.25) is 15.8 Å². The second-order valence-corrected chi connectivity index (χ2v) is 9.19. The number of likely N-dealkylation sites (N-methyl/N-ethyl adjacent to an activating group) is 1. The quantitative estimate of drug-likeness (QED) is 0.460. The van der Waals surface area contributed by atoms with Gasteiger partial charge in [0.1, 0.15) is 12.2 Å². The van der Waals surface area contributed by atoms with E-state index in [0.717, 1.165) is 85.1 Å². The Hall–Kier alpha value is -3.59. The fraction of sp³-hybridized carbons (Fsp3) is 0.400. The van der Waals surface area contributed by atoms with Crippen LogP contribution in [0.3, 0.4) is 0 Å². The molecule has 0 unspecified atom stereocenters. The summed E-state index contributed by atoms with van der Waals surface area (Å²) in [5.41, 5.74) is 6.52. The number of anilines is 2. The van der Waals surface area contributed by atoms with Gasteiger partial charge >= 0.3 is 0 Å². The lowest BCUT2D eigenvalue weighted by atomic mass is 10.0. The number of pyridine rings is 2. The lowest BCUT2D eigenvalue weighted by Crippen LogP contribution is -2.44. The van der Waals surface area contributed by atoms with Gasteiger partial charge in [-0.05, 0) is 50.2 Å². The number of aromatic nitrogens is 4. The van der Waals surface area contributed by atoms with E-state index in [4.69, 9.17) is 20.8 Å². The summed E-state index contributed by atoms with van der Waals surface area (Å²) in [5.74, 6) is 1.86. The molecular formula is C25H31N9. The first kappa shape index (κ1) is 22.2. The Labute approximate surface area is 199 Å². The molecule has 3 aromatic rings. The number of rotatable bonds is 4. The first-order valence-corrected chi connectivity index (χ1v) is 11.7. The Kier molecular flexibility index (Phi) is 5.87. The van der Waals surface area contributed by atoms with Crippen molar-refractivity contribution in [1.82, 2.24) is 24.6 Å². The monoisotopic (exact) mass is 457 g/mol. The molecule has 0 aromatic carbocycles. The molecule has 0 aliphatic carbocycles. The third-order valence-corrected chi connectivity index (χ3v) is 7.05. The molecule has 0 amide bonds. The van der Waals surface area contributed by atoms with Gasteiger partial charge in [-0.15, -0.1) is 5.10 Å². The van der Waals surface area contributed by atoms with Crippen LogP contribution in [0.1, 0.15) is 22.4 Å². The van der Waals surface area contributed by atoms with E-state index in [9.17, 15) is 0 Å². The molecule has 176 valence electrons. The van der Waals surface area contributed by atoms with Gasteiger partial charge in [0.15, 0.2) is 11.3 Å². The number of nitrogens with one attached hydrogen (secondary N) is 2. The Morgan fingerprint density at radius 2 is 1.68 bits per heavy atom. The average molecular weight is 458 g/mol. The summed E-state index contributed by atoms with van der Waals surface area (Å²) < 4.78 is 1.33. The molecule has 0 saturated carbocycles. The maximum Gasteiger partial charge on any atom is 0.153 e. The van der Waals surface area contributed by atoms with Crippen molar-refractivity contribution in [3.8, 4) is 11.1 Å². The van der Waals surface area contributed by atoms with Gasteiger partial charge in [-0.2, -0.15) is 0 Å². The van der Waals surface area contributed by atoms with Gasteiger partial charge in [-0.1, -0.05) is 0 Å². The van der Waals surface area contributed by atoms with Crippen LogP contribution < -0.4 is 15.3 Å². The topological polar surface area (TPSA) is 101 Å². The highest BCUT2D eigenvalue weighted by Gasteiger charge is 2.22. The maximum absolute atomic E-state index is 8.19.